The Bertz CT molecular complexity index is 635. The van der Waals surface area contributed by atoms with Gasteiger partial charge in [-0.2, -0.15) is 0 Å². The maximum Gasteiger partial charge on any atom is 0.254 e. The molecule has 1 aromatic carbocycles. The zero-order valence-corrected chi connectivity index (χ0v) is 11.0. The molecule has 1 N–H and O–H groups in total. The number of nitrogens with zero attached hydrogens (tertiary/aromatic N) is 1. The second-order valence-corrected chi connectivity index (χ2v) is 4.14. The number of hydrogen-bond acceptors (Lipinski definition) is 4. The molecule has 0 unspecified atom stereocenters. The normalized spacial score (nSPS) is 10.5. The van der Waals surface area contributed by atoms with E-state index in [1.54, 1.807) is 0 Å². The van der Waals surface area contributed by atoms with Gasteiger partial charge in [-0.05, 0) is 5.16 Å². The summed E-state index contributed by atoms with van der Waals surface area (Å²) in [6, 6.07) is 2.92. The van der Waals surface area contributed by atoms with Crippen molar-refractivity contribution in [2.24, 2.45) is 0 Å². The summed E-state index contributed by atoms with van der Waals surface area (Å²) in [7, 11) is 1.42. The van der Waals surface area contributed by atoms with Crippen molar-refractivity contribution in [2.45, 2.75) is 12.8 Å². The van der Waals surface area contributed by atoms with Crippen LogP contribution in [-0.4, -0.2) is 18.2 Å². The molecule has 0 saturated carbocycles. The standard InChI is InChI=1S/C13H11F3N2O3/c1-20-12-6-8(21-18-12)2-3-11(19)17-7-4-9(14)13(16)10(15)5-7/h4-6H,2-3H2,1H3,(H,17,19). The Morgan fingerprint density at radius 1 is 1.29 bits per heavy atom. The van der Waals surface area contributed by atoms with Crippen LogP contribution in [0.3, 0.4) is 0 Å². The molecule has 0 saturated heterocycles. The topological polar surface area (TPSA) is 64.4 Å². The third kappa shape index (κ3) is 3.74. The minimum absolute atomic E-state index is 0.00103. The summed E-state index contributed by atoms with van der Waals surface area (Å²) in [4.78, 5) is 11.6. The largest absolute Gasteiger partial charge is 0.479 e. The first-order valence-corrected chi connectivity index (χ1v) is 5.93. The fourth-order valence-corrected chi connectivity index (χ4v) is 1.60. The predicted molar refractivity (Wildman–Crippen MR) is 66.3 cm³/mol. The second-order valence-electron chi connectivity index (χ2n) is 4.14. The maximum absolute atomic E-state index is 13.0. The summed E-state index contributed by atoms with van der Waals surface area (Å²) < 4.78 is 48.4. The molecule has 0 bridgehead atoms. The Hall–Kier alpha value is -2.51. The van der Waals surface area contributed by atoms with E-state index < -0.39 is 23.4 Å². The summed E-state index contributed by atoms with van der Waals surface area (Å²) in [5.74, 6) is -4.11. The van der Waals surface area contributed by atoms with Gasteiger partial charge in [-0.3, -0.25) is 4.79 Å². The number of aromatic nitrogens is 1. The van der Waals surface area contributed by atoms with Gasteiger partial charge in [0, 0.05) is 36.7 Å². The number of halogens is 3. The van der Waals surface area contributed by atoms with Crippen LogP contribution in [0.1, 0.15) is 12.2 Å². The number of ether oxygens (including phenoxy) is 1. The van der Waals surface area contributed by atoms with Crippen LogP contribution in [0, 0.1) is 17.5 Å². The molecule has 2 rings (SSSR count). The Balaban J connectivity index is 1.92. The SMILES string of the molecule is COc1cc(CCC(=O)Nc2cc(F)c(F)c(F)c2)on1. The third-order valence-corrected chi connectivity index (χ3v) is 2.61. The highest BCUT2D eigenvalue weighted by Crippen LogP contribution is 2.18. The molecule has 21 heavy (non-hydrogen) atoms. The van der Waals surface area contributed by atoms with E-state index in [0.717, 1.165) is 0 Å². The van der Waals surface area contributed by atoms with Crippen molar-refractivity contribution >= 4 is 11.6 Å². The highest BCUT2D eigenvalue weighted by molar-refractivity contribution is 5.90. The van der Waals surface area contributed by atoms with Crippen molar-refractivity contribution in [3.63, 3.8) is 0 Å². The molecule has 0 radical (unpaired) electrons. The van der Waals surface area contributed by atoms with Crippen molar-refractivity contribution in [3.8, 4) is 5.88 Å². The number of methoxy groups -OCH3 is 1. The molecule has 0 spiro atoms. The smallest absolute Gasteiger partial charge is 0.254 e. The van der Waals surface area contributed by atoms with Crippen molar-refractivity contribution in [2.75, 3.05) is 12.4 Å². The van der Waals surface area contributed by atoms with Crippen molar-refractivity contribution in [1.29, 1.82) is 0 Å². The van der Waals surface area contributed by atoms with Gasteiger partial charge in [-0.25, -0.2) is 13.2 Å². The minimum atomic E-state index is -1.58. The summed E-state index contributed by atoms with van der Waals surface area (Å²) in [6.07, 6.45) is 0.229. The van der Waals surface area contributed by atoms with Crippen LogP contribution >= 0.6 is 0 Å². The van der Waals surface area contributed by atoms with E-state index in [0.29, 0.717) is 17.9 Å². The van der Waals surface area contributed by atoms with Crippen molar-refractivity contribution < 1.29 is 27.2 Å². The van der Waals surface area contributed by atoms with Gasteiger partial charge in [0.1, 0.15) is 5.76 Å². The van der Waals surface area contributed by atoms with Gasteiger partial charge in [0.05, 0.1) is 7.11 Å². The lowest BCUT2D eigenvalue weighted by molar-refractivity contribution is -0.116. The predicted octanol–water partition coefficient (Wildman–Crippen LogP) is 2.67. The number of carbonyl (C=O) groups is 1. The minimum Gasteiger partial charge on any atom is -0.479 e. The second kappa shape index (κ2) is 6.29. The Morgan fingerprint density at radius 2 is 1.95 bits per heavy atom. The number of benzene rings is 1. The number of carbonyl (C=O) groups excluding carboxylic acids is 1. The van der Waals surface area contributed by atoms with Gasteiger partial charge in [0.25, 0.3) is 5.88 Å². The van der Waals surface area contributed by atoms with E-state index in [2.05, 4.69) is 10.5 Å². The molecule has 0 aliphatic carbocycles. The first kappa shape index (κ1) is 14.9. The monoisotopic (exact) mass is 300 g/mol. The van der Waals surface area contributed by atoms with Gasteiger partial charge in [0.15, 0.2) is 17.5 Å². The van der Waals surface area contributed by atoms with E-state index in [9.17, 15) is 18.0 Å². The average molecular weight is 300 g/mol. The number of rotatable bonds is 5. The highest BCUT2D eigenvalue weighted by atomic mass is 19.2. The van der Waals surface area contributed by atoms with Crippen LogP contribution in [0.5, 0.6) is 5.88 Å². The van der Waals surface area contributed by atoms with Crippen molar-refractivity contribution in [3.05, 3.63) is 41.4 Å². The molecule has 112 valence electrons. The third-order valence-electron chi connectivity index (χ3n) is 2.61. The number of amides is 1. The molecule has 8 heteroatoms. The molecular weight excluding hydrogens is 289 g/mol. The molecule has 2 aromatic rings. The zero-order chi connectivity index (χ0) is 15.4. The molecule has 1 heterocycles. The molecule has 5 nitrogen and oxygen atoms in total. The molecule has 0 fully saturated rings. The molecule has 1 amide bonds. The van der Waals surface area contributed by atoms with Gasteiger partial charge < -0.3 is 14.6 Å². The first-order valence-electron chi connectivity index (χ1n) is 5.93. The fourth-order valence-electron chi connectivity index (χ4n) is 1.60. The summed E-state index contributed by atoms with van der Waals surface area (Å²) in [6.45, 7) is 0. The van der Waals surface area contributed by atoms with Crippen LogP contribution in [0.15, 0.2) is 22.7 Å². The fraction of sp³-hybridized carbons (Fsp3) is 0.231. The summed E-state index contributed by atoms with van der Waals surface area (Å²) in [5.41, 5.74) is -0.161. The first-order chi connectivity index (χ1) is 9.99. The molecular formula is C13H11F3N2O3. The van der Waals surface area contributed by atoms with Crippen LogP contribution in [0.4, 0.5) is 18.9 Å². The van der Waals surface area contributed by atoms with Crippen LogP contribution in [0.25, 0.3) is 0 Å². The zero-order valence-electron chi connectivity index (χ0n) is 11.0. The number of nitrogens with one attached hydrogen (secondary N) is 1. The highest BCUT2D eigenvalue weighted by Gasteiger charge is 2.13. The number of aryl methyl sites for hydroxylation is 1. The van der Waals surface area contributed by atoms with E-state index in [4.69, 9.17) is 9.26 Å². The van der Waals surface area contributed by atoms with Crippen LogP contribution < -0.4 is 10.1 Å². The Labute approximate surface area is 117 Å². The molecule has 0 aliphatic heterocycles. The molecule has 0 aliphatic rings. The van der Waals surface area contributed by atoms with Gasteiger partial charge in [-0.15, -0.1) is 0 Å². The molecule has 0 atom stereocenters. The van der Waals surface area contributed by atoms with Crippen molar-refractivity contribution in [1.82, 2.24) is 5.16 Å². The lowest BCUT2D eigenvalue weighted by Crippen LogP contribution is -2.13. The van der Waals surface area contributed by atoms with Crippen LogP contribution in [0.2, 0.25) is 0 Å². The quantitative estimate of drug-likeness (QED) is 0.862. The van der Waals surface area contributed by atoms with E-state index in [-0.39, 0.29) is 24.4 Å². The lowest BCUT2D eigenvalue weighted by Gasteiger charge is -2.05. The summed E-state index contributed by atoms with van der Waals surface area (Å²) >= 11 is 0. The lowest BCUT2D eigenvalue weighted by atomic mass is 10.2. The van der Waals surface area contributed by atoms with Crippen LogP contribution in [-0.2, 0) is 11.2 Å². The van der Waals surface area contributed by atoms with Gasteiger partial charge in [0.2, 0.25) is 5.91 Å². The maximum atomic E-state index is 13.0. The van der Waals surface area contributed by atoms with E-state index in [1.165, 1.54) is 13.2 Å². The number of anilines is 1. The molecule has 1 aromatic heterocycles. The number of hydrogen-bond donors (Lipinski definition) is 1. The van der Waals surface area contributed by atoms with Gasteiger partial charge >= 0.3 is 0 Å². The van der Waals surface area contributed by atoms with E-state index >= 15 is 0 Å². The summed E-state index contributed by atoms with van der Waals surface area (Å²) in [5, 5.41) is 5.82. The van der Waals surface area contributed by atoms with Gasteiger partial charge in [-0.1, -0.05) is 0 Å². The Kier molecular flexibility index (Phi) is 4.46. The Morgan fingerprint density at radius 3 is 2.52 bits per heavy atom. The average Bonchev–Trinajstić information content (AvgIpc) is 2.90. The van der Waals surface area contributed by atoms with E-state index in [1.807, 2.05) is 0 Å².